The van der Waals surface area contributed by atoms with Crippen LogP contribution >= 0.6 is 0 Å². The summed E-state index contributed by atoms with van der Waals surface area (Å²) in [5, 5.41) is 12.7. The van der Waals surface area contributed by atoms with E-state index in [4.69, 9.17) is 10.3 Å². The van der Waals surface area contributed by atoms with Gasteiger partial charge < -0.3 is 19.9 Å². The minimum absolute atomic E-state index is 0.0281. The van der Waals surface area contributed by atoms with Crippen molar-refractivity contribution in [1.29, 1.82) is 0 Å². The largest absolute Gasteiger partial charge is 0.507 e. The topological polar surface area (TPSA) is 97.2 Å². The van der Waals surface area contributed by atoms with Gasteiger partial charge in [-0.25, -0.2) is 0 Å². The maximum Gasteiger partial charge on any atom is 0.303 e. The maximum absolute atomic E-state index is 11.3. The fourth-order valence-corrected chi connectivity index (χ4v) is 2.06. The number of nitrogens with zero attached hydrogens (tertiary/aromatic N) is 1. The molecule has 0 unspecified atom stereocenters. The number of nitrogen functional groups attached to an aromatic ring is 1. The Morgan fingerprint density at radius 3 is 2.83 bits per heavy atom. The van der Waals surface area contributed by atoms with Gasteiger partial charge in [0, 0.05) is 12.4 Å². The molecule has 18 heavy (non-hydrogen) atoms. The Bertz CT molecular complexity index is 795. The van der Waals surface area contributed by atoms with Crippen molar-refractivity contribution >= 4 is 16.6 Å². The van der Waals surface area contributed by atoms with E-state index in [2.05, 4.69) is 5.16 Å². The van der Waals surface area contributed by atoms with E-state index in [1.165, 1.54) is 0 Å². The molecule has 2 heterocycles. The molecule has 6 nitrogen and oxygen atoms in total. The van der Waals surface area contributed by atoms with Crippen LogP contribution in [0.4, 0.5) is 5.69 Å². The van der Waals surface area contributed by atoms with E-state index in [9.17, 15) is 9.90 Å². The lowest BCUT2D eigenvalue weighted by Gasteiger charge is -2.01. The van der Waals surface area contributed by atoms with Crippen LogP contribution in [0.2, 0.25) is 0 Å². The molecule has 92 valence electrons. The Labute approximate surface area is 101 Å². The molecule has 0 spiro atoms. The van der Waals surface area contributed by atoms with Gasteiger partial charge in [-0.3, -0.25) is 4.79 Å². The molecule has 0 amide bonds. The highest BCUT2D eigenvalue weighted by molar-refractivity contribution is 5.92. The number of fused-ring (bicyclic) bond motifs is 1. The zero-order valence-electron chi connectivity index (χ0n) is 9.60. The molecule has 3 aromatic rings. The smallest absolute Gasteiger partial charge is 0.303 e. The minimum Gasteiger partial charge on any atom is -0.507 e. The number of aromatic nitrogens is 2. The van der Waals surface area contributed by atoms with Crippen LogP contribution in [0.25, 0.3) is 22.4 Å². The number of anilines is 1. The first kappa shape index (κ1) is 10.5. The van der Waals surface area contributed by atoms with Gasteiger partial charge in [-0.1, -0.05) is 6.07 Å². The van der Waals surface area contributed by atoms with E-state index in [0.29, 0.717) is 11.1 Å². The van der Waals surface area contributed by atoms with Crippen LogP contribution in [0, 0.1) is 0 Å². The first-order chi connectivity index (χ1) is 8.59. The highest BCUT2D eigenvalue weighted by Gasteiger charge is 2.17. The van der Waals surface area contributed by atoms with Gasteiger partial charge in [0.05, 0.1) is 11.2 Å². The number of aromatic amines is 1. The number of phenolic OH excluding ortho intramolecular Hbond substituents is 1. The molecule has 0 atom stereocenters. The van der Waals surface area contributed by atoms with E-state index < -0.39 is 5.56 Å². The lowest BCUT2D eigenvalue weighted by Crippen LogP contribution is -2.05. The molecule has 2 aromatic heterocycles. The molecule has 4 N–H and O–H groups in total. The van der Waals surface area contributed by atoms with Crippen LogP contribution in [0.3, 0.4) is 0 Å². The Morgan fingerprint density at radius 1 is 1.44 bits per heavy atom. The predicted octanol–water partition coefficient (Wildman–Crippen LogP) is 1.41. The van der Waals surface area contributed by atoms with Crippen molar-refractivity contribution in [2.24, 2.45) is 7.05 Å². The summed E-state index contributed by atoms with van der Waals surface area (Å²) in [6.07, 6.45) is 0. The Hall–Kier alpha value is -2.63. The van der Waals surface area contributed by atoms with Crippen LogP contribution in [-0.4, -0.2) is 14.8 Å². The first-order valence-corrected chi connectivity index (χ1v) is 5.34. The summed E-state index contributed by atoms with van der Waals surface area (Å²) in [5.41, 5.74) is 6.67. The number of hydrogen-bond donors (Lipinski definition) is 3. The molecule has 6 heteroatoms. The van der Waals surface area contributed by atoms with Gasteiger partial charge in [0.25, 0.3) is 0 Å². The number of phenols is 1. The molecular formula is C12H11N3O3. The molecule has 0 aliphatic rings. The second-order valence-corrected chi connectivity index (χ2v) is 4.07. The van der Waals surface area contributed by atoms with Crippen molar-refractivity contribution < 1.29 is 9.63 Å². The molecule has 0 aliphatic carbocycles. The fraction of sp³-hybridized carbons (Fsp3) is 0.0833. The van der Waals surface area contributed by atoms with E-state index >= 15 is 0 Å². The van der Waals surface area contributed by atoms with Crippen molar-refractivity contribution in [2.75, 3.05) is 5.73 Å². The Kier molecular flexibility index (Phi) is 2.00. The average molecular weight is 245 g/mol. The highest BCUT2D eigenvalue weighted by atomic mass is 16.5. The van der Waals surface area contributed by atoms with Crippen molar-refractivity contribution in [3.63, 3.8) is 0 Å². The first-order valence-electron chi connectivity index (χ1n) is 5.34. The molecule has 0 bridgehead atoms. The number of H-pyrrole nitrogens is 1. The second-order valence-electron chi connectivity index (χ2n) is 4.07. The SMILES string of the molecule is Cn1c(-c2o[nH]c(=O)c2N)cc2c(O)cccc21. The van der Waals surface area contributed by atoms with Crippen molar-refractivity contribution in [2.45, 2.75) is 0 Å². The lowest BCUT2D eigenvalue weighted by atomic mass is 10.2. The number of nitrogens with one attached hydrogen (secondary N) is 1. The summed E-state index contributed by atoms with van der Waals surface area (Å²) < 4.78 is 6.87. The molecular weight excluding hydrogens is 234 g/mol. The molecule has 0 aliphatic heterocycles. The van der Waals surface area contributed by atoms with Gasteiger partial charge >= 0.3 is 5.56 Å². The second kappa shape index (κ2) is 3.43. The molecule has 3 rings (SSSR count). The maximum atomic E-state index is 11.3. The third-order valence-corrected chi connectivity index (χ3v) is 3.03. The van der Waals surface area contributed by atoms with Crippen LogP contribution in [0.15, 0.2) is 33.6 Å². The summed E-state index contributed by atoms with van der Waals surface area (Å²) in [5.74, 6) is 0.448. The number of hydrogen-bond acceptors (Lipinski definition) is 4. The highest BCUT2D eigenvalue weighted by Crippen LogP contribution is 2.33. The summed E-state index contributed by atoms with van der Waals surface area (Å²) in [6, 6.07) is 6.94. The van der Waals surface area contributed by atoms with Gasteiger partial charge in [0.1, 0.15) is 11.4 Å². The van der Waals surface area contributed by atoms with E-state index in [1.807, 2.05) is 13.1 Å². The van der Waals surface area contributed by atoms with E-state index in [1.54, 1.807) is 22.8 Å². The third-order valence-electron chi connectivity index (χ3n) is 3.03. The minimum atomic E-state index is -0.459. The summed E-state index contributed by atoms with van der Waals surface area (Å²) >= 11 is 0. The van der Waals surface area contributed by atoms with Gasteiger partial charge in [-0.15, -0.1) is 0 Å². The number of nitrogens with two attached hydrogens (primary N) is 1. The Morgan fingerprint density at radius 2 is 2.22 bits per heavy atom. The van der Waals surface area contributed by atoms with Crippen LogP contribution in [0.5, 0.6) is 5.75 Å². The van der Waals surface area contributed by atoms with E-state index in [-0.39, 0.29) is 17.2 Å². The van der Waals surface area contributed by atoms with E-state index in [0.717, 1.165) is 5.52 Å². The predicted molar refractivity (Wildman–Crippen MR) is 67.3 cm³/mol. The monoisotopic (exact) mass is 245 g/mol. The fourth-order valence-electron chi connectivity index (χ4n) is 2.06. The quantitative estimate of drug-likeness (QED) is 0.603. The lowest BCUT2D eigenvalue weighted by molar-refractivity contribution is 0.424. The van der Waals surface area contributed by atoms with Gasteiger partial charge in [-0.2, -0.15) is 5.16 Å². The molecule has 1 aromatic carbocycles. The van der Waals surface area contributed by atoms with Gasteiger partial charge in [0.2, 0.25) is 5.76 Å². The third kappa shape index (κ3) is 1.26. The Balaban J connectivity index is 2.37. The number of aromatic hydroxyl groups is 1. The zero-order valence-corrected chi connectivity index (χ0v) is 9.60. The normalized spacial score (nSPS) is 11.2. The van der Waals surface area contributed by atoms with Crippen LogP contribution in [-0.2, 0) is 7.05 Å². The van der Waals surface area contributed by atoms with Crippen molar-refractivity contribution in [1.82, 2.24) is 9.72 Å². The van der Waals surface area contributed by atoms with Gasteiger partial charge in [0.15, 0.2) is 0 Å². The molecule has 0 radical (unpaired) electrons. The number of rotatable bonds is 1. The summed E-state index contributed by atoms with van der Waals surface area (Å²) in [4.78, 5) is 11.3. The molecule has 0 saturated carbocycles. The number of benzene rings is 1. The molecule has 0 saturated heterocycles. The number of aryl methyl sites for hydroxylation is 1. The van der Waals surface area contributed by atoms with Crippen LogP contribution in [0.1, 0.15) is 0 Å². The summed E-state index contributed by atoms with van der Waals surface area (Å²) in [7, 11) is 1.81. The standard InChI is InChI=1S/C12H11N3O3/c1-15-7-3-2-4-9(16)6(7)5-8(15)11-10(13)12(17)14-18-11/h2-5,16H,13H2,1H3,(H,14,17). The average Bonchev–Trinajstić information content (AvgIpc) is 2.84. The zero-order chi connectivity index (χ0) is 12.9. The van der Waals surface area contributed by atoms with Crippen molar-refractivity contribution in [3.05, 3.63) is 34.6 Å². The summed E-state index contributed by atoms with van der Waals surface area (Å²) in [6.45, 7) is 0. The van der Waals surface area contributed by atoms with Crippen LogP contribution < -0.4 is 11.3 Å². The van der Waals surface area contributed by atoms with Crippen molar-refractivity contribution in [3.8, 4) is 17.2 Å². The molecule has 0 fully saturated rings. The van der Waals surface area contributed by atoms with Gasteiger partial charge in [-0.05, 0) is 18.2 Å².